The third-order valence-corrected chi connectivity index (χ3v) is 18.5. The molecule has 3 N–H and O–H groups in total. The summed E-state index contributed by atoms with van der Waals surface area (Å²) in [6.07, 6.45) is 14.4. The van der Waals surface area contributed by atoms with Gasteiger partial charge in [0.15, 0.2) is 0 Å². The van der Waals surface area contributed by atoms with E-state index in [9.17, 15) is 0 Å². The number of pyridine rings is 7. The van der Waals surface area contributed by atoms with Gasteiger partial charge in [0.1, 0.15) is 0 Å². The van der Waals surface area contributed by atoms with Crippen LogP contribution >= 0.6 is 0 Å². The predicted octanol–water partition coefficient (Wildman–Crippen LogP) is 26.5. The number of nitrogens with one attached hydrogen (secondary N) is 3. The minimum Gasteiger partial charge on any atom is -0.379 e. The van der Waals surface area contributed by atoms with Crippen LogP contribution in [0, 0.1) is 27.7 Å². The summed E-state index contributed by atoms with van der Waals surface area (Å²) in [4.78, 5) is 48.5. The maximum atomic E-state index is 4.80. The number of aryl methyl sites for hydroxylation is 4. The Kier molecular flexibility index (Phi) is 36.6. The van der Waals surface area contributed by atoms with Crippen molar-refractivity contribution in [1.29, 1.82) is 0 Å². The number of hydrogen-bond donors (Lipinski definition) is 3. The van der Waals surface area contributed by atoms with Crippen molar-refractivity contribution in [2.24, 2.45) is 20.0 Å². The fourth-order valence-electron chi connectivity index (χ4n) is 11.9. The molecule has 0 aliphatic heterocycles. The van der Waals surface area contributed by atoms with Crippen LogP contribution in [0.5, 0.6) is 0 Å². The summed E-state index contributed by atoms with van der Waals surface area (Å²) in [6, 6.07) is 99.2. The van der Waals surface area contributed by atoms with Gasteiger partial charge in [-0.3, -0.25) is 54.9 Å². The number of anilines is 3. The van der Waals surface area contributed by atoms with Crippen LogP contribution in [0.3, 0.4) is 0 Å². The highest BCUT2D eigenvalue weighted by Gasteiger charge is 2.18. The molecule has 14 rings (SSSR count). The standard InChI is InChI=1S/C17H22N2.2C17H20N2.C14H16N2.C14H14N2.C12H12N2.C12H10N2/c2*1-12(2)15-9-7-8-13(3)17(15)19-14(4)16-10-5-6-11-18-16;1-13(15-10-7-8-12-18-15)19-16-11-6-5-9-14(16)17(2,3)4;2*1-11-7-3-4-8-13(11)16-12(2)14-9-5-6-10-15-14;2*1-2-6-11(7-3-1)14-10-12-8-4-5-9-13-12/h5-12,14,19H,1-4H3;2*5-12H,1-4H3;3-10,12,16H,1-2H3;3-10H,1-2H3;1-9,14H,10H2;1-10H. The number of aromatic nitrogens is 7. The van der Waals surface area contributed by atoms with Gasteiger partial charge >= 0.3 is 0 Å². The zero-order valence-electron chi connectivity index (χ0n) is 70.8. The summed E-state index contributed by atoms with van der Waals surface area (Å²) in [5.74, 6) is 0.980. The predicted molar refractivity (Wildman–Crippen MR) is 495 cm³/mol. The molecule has 14 nitrogen and oxygen atoms in total. The molecular formula is C103H114N14. The van der Waals surface area contributed by atoms with E-state index in [-0.39, 0.29) is 17.5 Å². The molecule has 0 aliphatic carbocycles. The first-order valence-corrected chi connectivity index (χ1v) is 40.0. The molecule has 2 atom stereocenters. The Bertz CT molecular complexity index is 5210. The highest BCUT2D eigenvalue weighted by molar-refractivity contribution is 6.00. The molecule has 0 saturated carbocycles. The molecule has 0 spiro atoms. The molecule has 0 aliphatic rings. The first-order valence-electron chi connectivity index (χ1n) is 40.0. The monoisotopic (exact) mass is 1550 g/mol. The Balaban J connectivity index is 0.000000171. The Morgan fingerprint density at radius 1 is 0.359 bits per heavy atom. The van der Waals surface area contributed by atoms with E-state index in [0.29, 0.717) is 11.8 Å². The van der Waals surface area contributed by atoms with E-state index in [4.69, 9.17) is 9.98 Å². The molecule has 117 heavy (non-hydrogen) atoms. The molecule has 0 fully saturated rings. The third-order valence-electron chi connectivity index (χ3n) is 18.5. The van der Waals surface area contributed by atoms with Gasteiger partial charge in [0.25, 0.3) is 0 Å². The molecule has 0 bridgehead atoms. The zero-order chi connectivity index (χ0) is 83.6. The number of nitrogens with zero attached hydrogens (tertiary/aromatic N) is 11. The lowest BCUT2D eigenvalue weighted by Gasteiger charge is -2.21. The molecule has 0 saturated heterocycles. The van der Waals surface area contributed by atoms with E-state index >= 15 is 0 Å². The number of aliphatic imine (C=N–C) groups is 4. The van der Waals surface area contributed by atoms with Crippen LogP contribution in [0.15, 0.2) is 361 Å². The minimum atomic E-state index is 0.0878. The Labute approximate surface area is 695 Å². The summed E-state index contributed by atoms with van der Waals surface area (Å²) in [5.41, 5.74) is 26.2. The van der Waals surface area contributed by atoms with Crippen LogP contribution in [0.1, 0.15) is 186 Å². The largest absolute Gasteiger partial charge is 0.379 e. The summed E-state index contributed by atoms with van der Waals surface area (Å²) in [6.45, 7) is 34.9. The number of rotatable bonds is 19. The smallest absolute Gasteiger partial charge is 0.0841 e. The topological polar surface area (TPSA) is 176 Å². The molecule has 7 aromatic heterocycles. The second-order valence-electron chi connectivity index (χ2n) is 29.6. The Morgan fingerprint density at radius 3 is 1.28 bits per heavy atom. The fraction of sp³-hybridized carbons (Fsp3) is 0.214. The van der Waals surface area contributed by atoms with Gasteiger partial charge in [0.2, 0.25) is 0 Å². The molecule has 7 aromatic carbocycles. The van der Waals surface area contributed by atoms with Crippen LogP contribution < -0.4 is 16.0 Å². The average Bonchev–Trinajstić information content (AvgIpc) is 0.834. The van der Waals surface area contributed by atoms with Gasteiger partial charge < -0.3 is 16.0 Å². The second-order valence-corrected chi connectivity index (χ2v) is 29.6. The molecule has 14 aromatic rings. The van der Waals surface area contributed by atoms with E-state index in [1.54, 1.807) is 31.0 Å². The van der Waals surface area contributed by atoms with Crippen LogP contribution in [0.4, 0.5) is 39.8 Å². The highest BCUT2D eigenvalue weighted by atomic mass is 15.0. The van der Waals surface area contributed by atoms with Gasteiger partial charge in [-0.05, 0) is 246 Å². The quantitative estimate of drug-likeness (QED) is 0.0661. The van der Waals surface area contributed by atoms with Crippen molar-refractivity contribution in [1.82, 2.24) is 34.9 Å². The molecule has 14 heteroatoms. The van der Waals surface area contributed by atoms with Crippen LogP contribution in [-0.4, -0.2) is 58.2 Å². The van der Waals surface area contributed by atoms with Gasteiger partial charge in [0, 0.05) is 60.4 Å². The summed E-state index contributed by atoms with van der Waals surface area (Å²) >= 11 is 0. The lowest BCUT2D eigenvalue weighted by molar-refractivity contribution is 0.591. The molecule has 0 amide bonds. The second kappa shape index (κ2) is 48.0. The van der Waals surface area contributed by atoms with Crippen LogP contribution in [0.25, 0.3) is 0 Å². The van der Waals surface area contributed by atoms with E-state index in [0.717, 1.165) is 92.0 Å². The van der Waals surface area contributed by atoms with E-state index in [2.05, 4.69) is 230 Å². The number of hydrogen-bond acceptors (Lipinski definition) is 14. The van der Waals surface area contributed by atoms with Gasteiger partial charge in [0.05, 0.1) is 105 Å². The van der Waals surface area contributed by atoms with Gasteiger partial charge in [-0.2, -0.15) is 0 Å². The van der Waals surface area contributed by atoms with E-state index in [1.807, 2.05) is 258 Å². The van der Waals surface area contributed by atoms with Crippen molar-refractivity contribution < 1.29 is 0 Å². The van der Waals surface area contributed by atoms with Crippen molar-refractivity contribution in [2.45, 2.75) is 147 Å². The molecular weight excluding hydrogens is 1430 g/mol. The van der Waals surface area contributed by atoms with Crippen molar-refractivity contribution in [2.75, 3.05) is 16.0 Å². The van der Waals surface area contributed by atoms with Gasteiger partial charge in [-0.1, -0.05) is 218 Å². The molecule has 596 valence electrons. The number of para-hydroxylation sites is 7. The highest BCUT2D eigenvalue weighted by Crippen LogP contribution is 2.34. The molecule has 2 unspecified atom stereocenters. The van der Waals surface area contributed by atoms with Gasteiger partial charge in [-0.25, -0.2) is 0 Å². The first-order chi connectivity index (χ1) is 56.6. The van der Waals surface area contributed by atoms with Crippen molar-refractivity contribution in [3.05, 3.63) is 419 Å². The van der Waals surface area contributed by atoms with Gasteiger partial charge in [-0.15, -0.1) is 0 Å². The van der Waals surface area contributed by atoms with Crippen LogP contribution in [-0.2, 0) is 12.0 Å². The summed E-state index contributed by atoms with van der Waals surface area (Å²) < 4.78 is 0. The molecule has 7 heterocycles. The normalized spacial score (nSPS) is 11.7. The maximum Gasteiger partial charge on any atom is 0.0841 e. The Hall–Kier alpha value is -13.3. The van der Waals surface area contributed by atoms with Crippen molar-refractivity contribution in [3.63, 3.8) is 0 Å². The van der Waals surface area contributed by atoms with E-state index in [1.165, 1.54) is 50.3 Å². The maximum absolute atomic E-state index is 4.80. The molecule has 0 radical (unpaired) electrons. The lowest BCUT2D eigenvalue weighted by Crippen LogP contribution is -2.11. The lowest BCUT2D eigenvalue weighted by atomic mass is 9.86. The van der Waals surface area contributed by atoms with E-state index < -0.39 is 0 Å². The summed E-state index contributed by atoms with van der Waals surface area (Å²) in [7, 11) is 0. The van der Waals surface area contributed by atoms with Crippen molar-refractivity contribution in [3.8, 4) is 0 Å². The minimum absolute atomic E-state index is 0.0878. The zero-order valence-corrected chi connectivity index (χ0v) is 70.8. The number of benzene rings is 7. The van der Waals surface area contributed by atoms with Crippen LogP contribution in [0.2, 0.25) is 0 Å². The summed E-state index contributed by atoms with van der Waals surface area (Å²) in [5, 5.41) is 10.4. The third kappa shape index (κ3) is 30.8. The van der Waals surface area contributed by atoms with Crippen molar-refractivity contribution >= 4 is 63.2 Å². The fourth-order valence-corrected chi connectivity index (χ4v) is 11.9. The SMILES string of the molecule is C(=Nc1ccccc1)c1ccccn1.CC(=Nc1c(C)cccc1C(C)C)c1ccccn1.CC(=Nc1ccccc1C(C)(C)C)c1ccccn1.CC(=Nc1ccccc1C)c1ccccn1.Cc1cccc(C(C)C)c1NC(C)c1ccccn1.Cc1ccccc1NC(C)c1ccccn1.c1ccc(NCc2ccccn2)cc1. The average molecular weight is 1550 g/mol. The first kappa shape index (κ1) is 89.2. The Morgan fingerprint density at radius 2 is 0.786 bits per heavy atom.